The molecule has 0 saturated carbocycles. The van der Waals surface area contributed by atoms with Crippen molar-refractivity contribution < 1.29 is 20.1 Å². The first-order valence-corrected chi connectivity index (χ1v) is 4.73. The first-order chi connectivity index (χ1) is 7.56. The molecule has 0 spiro atoms. The van der Waals surface area contributed by atoms with Gasteiger partial charge in [-0.2, -0.15) is 4.91 Å². The molecule has 0 amide bonds. The van der Waals surface area contributed by atoms with Crippen LogP contribution in [0.2, 0.25) is 0 Å². The van der Waals surface area contributed by atoms with E-state index < -0.39 is 30.8 Å². The molecule has 8 heteroatoms. The third kappa shape index (κ3) is 4.89. The van der Waals surface area contributed by atoms with E-state index in [0.29, 0.717) is 0 Å². The van der Waals surface area contributed by atoms with Crippen molar-refractivity contribution in [2.75, 3.05) is 6.61 Å². The lowest BCUT2D eigenvalue weighted by molar-refractivity contribution is -0.138. The highest BCUT2D eigenvalue weighted by Gasteiger charge is 2.22. The van der Waals surface area contributed by atoms with Crippen molar-refractivity contribution in [2.24, 2.45) is 10.4 Å². The summed E-state index contributed by atoms with van der Waals surface area (Å²) in [7, 11) is 0. The second-order valence-electron chi connectivity index (χ2n) is 3.31. The van der Waals surface area contributed by atoms with Crippen LogP contribution in [0.5, 0.6) is 0 Å². The fourth-order valence-corrected chi connectivity index (χ4v) is 1.18. The molecule has 8 nitrogen and oxygen atoms in total. The Morgan fingerprint density at radius 1 is 1.19 bits per heavy atom. The summed E-state index contributed by atoms with van der Waals surface area (Å²) in [5.74, 6) is -1.33. The van der Waals surface area contributed by atoms with Crippen LogP contribution in [0.25, 0.3) is 0 Å². The Hall–Kier alpha value is -1.41. The van der Waals surface area contributed by atoms with Gasteiger partial charge < -0.3 is 15.3 Å². The molecule has 0 radical (unpaired) electrons. The van der Waals surface area contributed by atoms with E-state index >= 15 is 0 Å². The van der Waals surface area contributed by atoms with Crippen molar-refractivity contribution >= 4 is 5.97 Å². The van der Waals surface area contributed by atoms with Gasteiger partial charge in [-0.3, -0.25) is 0 Å². The summed E-state index contributed by atoms with van der Waals surface area (Å²) in [5, 5.41) is 31.2. The van der Waals surface area contributed by atoms with Crippen LogP contribution in [0.15, 0.2) is 10.4 Å². The molecule has 0 bridgehead atoms. The Kier molecular flexibility index (Phi) is 7.14. The highest BCUT2D eigenvalue weighted by molar-refractivity contribution is 5.73. The molecule has 0 aliphatic heterocycles. The molecule has 0 aromatic rings. The minimum Gasteiger partial charge on any atom is -0.480 e. The molecule has 92 valence electrons. The number of hydrogen-bond donors (Lipinski definition) is 3. The highest BCUT2D eigenvalue weighted by atomic mass is 16.4. The number of aliphatic hydroxyl groups is 2. The summed E-state index contributed by atoms with van der Waals surface area (Å²) >= 11 is 0. The number of nitrogens with zero attached hydrogens (tertiary/aromatic N) is 2. The maximum absolute atomic E-state index is 10.4. The first kappa shape index (κ1) is 14.6. The second kappa shape index (κ2) is 7.83. The molecule has 3 atom stereocenters. The molecule has 0 saturated heterocycles. The first-order valence-electron chi connectivity index (χ1n) is 4.73. The lowest BCUT2D eigenvalue weighted by atomic mass is 10.0. The Morgan fingerprint density at radius 2 is 1.81 bits per heavy atom. The molecule has 0 aromatic carbocycles. The zero-order valence-electron chi connectivity index (χ0n) is 8.52. The van der Waals surface area contributed by atoms with Crippen molar-refractivity contribution in [3.8, 4) is 0 Å². The third-order valence-electron chi connectivity index (χ3n) is 2.16. The van der Waals surface area contributed by atoms with Gasteiger partial charge in [-0.05, 0) is 19.3 Å². The van der Waals surface area contributed by atoms with Crippen LogP contribution in [-0.4, -0.2) is 46.1 Å². The summed E-state index contributed by atoms with van der Waals surface area (Å²) in [4.78, 5) is 30.7. The quantitative estimate of drug-likeness (QED) is 0.475. The van der Waals surface area contributed by atoms with Gasteiger partial charge in [-0.25, -0.2) is 4.79 Å². The van der Waals surface area contributed by atoms with Gasteiger partial charge >= 0.3 is 5.97 Å². The van der Waals surface area contributed by atoms with E-state index in [1.165, 1.54) is 0 Å². The van der Waals surface area contributed by atoms with Crippen molar-refractivity contribution in [1.29, 1.82) is 0 Å². The minimum atomic E-state index is -1.35. The van der Waals surface area contributed by atoms with Gasteiger partial charge in [-0.1, -0.05) is 10.4 Å². The summed E-state index contributed by atoms with van der Waals surface area (Å²) in [6, 6.07) is -2.34. The Bertz CT molecular complexity index is 247. The van der Waals surface area contributed by atoms with Crippen LogP contribution in [0, 0.1) is 9.81 Å². The average molecular weight is 234 g/mol. The zero-order valence-corrected chi connectivity index (χ0v) is 8.52. The van der Waals surface area contributed by atoms with E-state index in [1.807, 2.05) is 0 Å². The fraction of sp³-hybridized carbons (Fsp3) is 0.875. The van der Waals surface area contributed by atoms with Gasteiger partial charge in [0, 0.05) is 0 Å². The predicted octanol–water partition coefficient (Wildman–Crippen LogP) is -0.136. The summed E-state index contributed by atoms with van der Waals surface area (Å²) in [5.41, 5.74) is 0. The molecule has 0 aliphatic rings. The van der Waals surface area contributed by atoms with Gasteiger partial charge in [0.05, 0.1) is 6.61 Å². The van der Waals surface area contributed by atoms with E-state index in [-0.39, 0.29) is 19.3 Å². The van der Waals surface area contributed by atoms with Crippen molar-refractivity contribution in [3.05, 3.63) is 9.81 Å². The molecule has 0 heterocycles. The van der Waals surface area contributed by atoms with Crippen molar-refractivity contribution in [3.63, 3.8) is 0 Å². The van der Waals surface area contributed by atoms with Crippen LogP contribution < -0.4 is 0 Å². The molecular weight excluding hydrogens is 220 g/mol. The van der Waals surface area contributed by atoms with E-state index in [2.05, 4.69) is 10.4 Å². The lowest BCUT2D eigenvalue weighted by Gasteiger charge is -2.13. The number of aliphatic hydroxyl groups excluding tert-OH is 2. The lowest BCUT2D eigenvalue weighted by Crippen LogP contribution is -2.28. The molecule has 0 aromatic heterocycles. The van der Waals surface area contributed by atoms with Crippen LogP contribution in [0.1, 0.15) is 19.3 Å². The van der Waals surface area contributed by atoms with E-state index in [0.717, 1.165) is 0 Å². The average Bonchev–Trinajstić information content (AvgIpc) is 2.28. The van der Waals surface area contributed by atoms with E-state index in [4.69, 9.17) is 15.3 Å². The van der Waals surface area contributed by atoms with Gasteiger partial charge in [0.1, 0.15) is 12.1 Å². The molecule has 16 heavy (non-hydrogen) atoms. The second-order valence-corrected chi connectivity index (χ2v) is 3.31. The van der Waals surface area contributed by atoms with Gasteiger partial charge in [0.2, 0.25) is 0 Å². The van der Waals surface area contributed by atoms with Crippen LogP contribution in [-0.2, 0) is 4.79 Å². The monoisotopic (exact) mass is 234 g/mol. The van der Waals surface area contributed by atoms with Crippen LogP contribution in [0.4, 0.5) is 0 Å². The molecule has 0 fully saturated rings. The molecular formula is C8H14N2O6. The SMILES string of the molecule is O=NC(CCCC(N=O)C(O)CO)C(=O)O. The smallest absolute Gasteiger partial charge is 0.332 e. The zero-order chi connectivity index (χ0) is 12.6. The van der Waals surface area contributed by atoms with Gasteiger partial charge in [0.15, 0.2) is 6.04 Å². The Morgan fingerprint density at radius 3 is 2.19 bits per heavy atom. The molecule has 3 N–H and O–H groups in total. The molecule has 0 rings (SSSR count). The number of carboxylic acid groups (broad SMARTS) is 1. The maximum atomic E-state index is 10.4. The van der Waals surface area contributed by atoms with E-state index in [1.54, 1.807) is 0 Å². The maximum Gasteiger partial charge on any atom is 0.332 e. The van der Waals surface area contributed by atoms with Gasteiger partial charge in [0.25, 0.3) is 0 Å². The van der Waals surface area contributed by atoms with Crippen molar-refractivity contribution in [2.45, 2.75) is 37.5 Å². The van der Waals surface area contributed by atoms with Crippen molar-refractivity contribution in [1.82, 2.24) is 0 Å². The molecule has 0 aliphatic carbocycles. The third-order valence-corrected chi connectivity index (χ3v) is 2.16. The van der Waals surface area contributed by atoms with Crippen LogP contribution in [0.3, 0.4) is 0 Å². The standard InChI is InChI=1S/C8H14N2O6/c11-4-7(12)5(9-15)2-1-3-6(10-16)8(13)14/h5-7,11-12H,1-4H2,(H,13,14). The van der Waals surface area contributed by atoms with E-state index in [9.17, 15) is 14.6 Å². The number of hydrogen-bond acceptors (Lipinski definition) is 7. The van der Waals surface area contributed by atoms with Crippen LogP contribution >= 0.6 is 0 Å². The summed E-state index contributed by atoms with van der Waals surface area (Å²) in [6.07, 6.45) is -0.978. The normalized spacial score (nSPS) is 16.1. The number of carboxylic acids is 1. The Labute approximate surface area is 91.2 Å². The number of aliphatic carboxylic acids is 1. The number of nitroso groups, excluding NO2 is 2. The number of carbonyl (C=O) groups is 1. The van der Waals surface area contributed by atoms with Gasteiger partial charge in [-0.15, -0.1) is 4.91 Å². The minimum absolute atomic E-state index is 0.0248. The number of rotatable bonds is 9. The Balaban J connectivity index is 3.98. The molecule has 3 unspecified atom stereocenters. The predicted molar refractivity (Wildman–Crippen MR) is 53.7 cm³/mol. The highest BCUT2D eigenvalue weighted by Crippen LogP contribution is 2.12. The summed E-state index contributed by atoms with van der Waals surface area (Å²) < 4.78 is 0. The fourth-order valence-electron chi connectivity index (χ4n) is 1.18. The topological polar surface area (TPSA) is 137 Å². The summed E-state index contributed by atoms with van der Waals surface area (Å²) in [6.45, 7) is -0.593. The largest absolute Gasteiger partial charge is 0.480 e.